The van der Waals surface area contributed by atoms with Gasteiger partial charge in [0, 0.05) is 18.0 Å². The van der Waals surface area contributed by atoms with Crippen molar-refractivity contribution in [1.82, 2.24) is 4.90 Å². The summed E-state index contributed by atoms with van der Waals surface area (Å²) in [5.41, 5.74) is 3.68. The number of likely N-dealkylation sites (tertiary alicyclic amines) is 1. The summed E-state index contributed by atoms with van der Waals surface area (Å²) in [5.74, 6) is 2.92. The molecule has 4 aliphatic rings. The van der Waals surface area contributed by atoms with Crippen LogP contribution < -0.4 is 4.74 Å². The second-order valence-electron chi connectivity index (χ2n) is 8.89. The van der Waals surface area contributed by atoms with E-state index in [9.17, 15) is 0 Å². The Bertz CT molecular complexity index is 664. The summed E-state index contributed by atoms with van der Waals surface area (Å²) < 4.78 is 5.89. The first-order chi connectivity index (χ1) is 12.3. The van der Waals surface area contributed by atoms with Gasteiger partial charge in [-0.15, -0.1) is 0 Å². The van der Waals surface area contributed by atoms with E-state index < -0.39 is 0 Å². The summed E-state index contributed by atoms with van der Waals surface area (Å²) in [6, 6.07) is 7.74. The van der Waals surface area contributed by atoms with Crippen LogP contribution in [0.1, 0.15) is 56.1 Å². The normalized spacial score (nSPS) is 34.1. The van der Waals surface area contributed by atoms with Gasteiger partial charge in [-0.2, -0.15) is 0 Å². The van der Waals surface area contributed by atoms with Crippen LogP contribution in [0.2, 0.25) is 0 Å². The molecule has 0 amide bonds. The third kappa shape index (κ3) is 2.65. The summed E-state index contributed by atoms with van der Waals surface area (Å²) in [6.07, 6.45) is 13.1. The van der Waals surface area contributed by atoms with Gasteiger partial charge in [0.1, 0.15) is 12.4 Å². The van der Waals surface area contributed by atoms with Crippen molar-refractivity contribution in [2.24, 2.45) is 11.8 Å². The summed E-state index contributed by atoms with van der Waals surface area (Å²) in [6.45, 7) is 7.07. The van der Waals surface area contributed by atoms with Crippen molar-refractivity contribution in [3.05, 3.63) is 42.0 Å². The Morgan fingerprint density at radius 1 is 1.20 bits per heavy atom. The Labute approximate surface area is 152 Å². The van der Waals surface area contributed by atoms with Crippen molar-refractivity contribution < 1.29 is 4.74 Å². The third-order valence-corrected chi connectivity index (χ3v) is 7.48. The lowest BCUT2D eigenvalue weighted by molar-refractivity contribution is -0.0134. The number of hydrogen-bond acceptors (Lipinski definition) is 2. The van der Waals surface area contributed by atoms with Crippen molar-refractivity contribution in [3.8, 4) is 5.75 Å². The summed E-state index contributed by atoms with van der Waals surface area (Å²) in [5, 5.41) is 0. The zero-order valence-electron chi connectivity index (χ0n) is 15.4. The molecule has 3 aliphatic carbocycles. The van der Waals surface area contributed by atoms with E-state index in [1.165, 1.54) is 64.5 Å². The standard InChI is InChI=1S/C23H31NO/c1-2-13-25-19-9-8-18-14-22-20-5-3-4-10-23(20,21(18)15-19)11-12-24(22)16-17-6-7-17/h2,8-9,15,17,20,22H,1,3-7,10-14,16H2/t20-,22+,23+/m1/s1. The Morgan fingerprint density at radius 3 is 2.96 bits per heavy atom. The predicted octanol–water partition coefficient (Wildman–Crippen LogP) is 4.72. The fraction of sp³-hybridized carbons (Fsp3) is 0.652. The molecule has 25 heavy (non-hydrogen) atoms. The highest BCUT2D eigenvalue weighted by Gasteiger charge is 2.54. The molecule has 0 N–H and O–H groups in total. The zero-order valence-corrected chi connectivity index (χ0v) is 15.4. The molecule has 1 heterocycles. The molecular formula is C23H31NO. The first kappa shape index (κ1) is 15.9. The van der Waals surface area contributed by atoms with Crippen LogP contribution in [0, 0.1) is 11.8 Å². The Hall–Kier alpha value is -1.28. The maximum absolute atomic E-state index is 5.89. The van der Waals surface area contributed by atoms with Crippen molar-refractivity contribution in [2.45, 2.75) is 62.8 Å². The Morgan fingerprint density at radius 2 is 2.12 bits per heavy atom. The molecule has 2 saturated carbocycles. The first-order valence-electron chi connectivity index (χ1n) is 10.4. The highest BCUT2D eigenvalue weighted by Crippen LogP contribution is 2.56. The third-order valence-electron chi connectivity index (χ3n) is 7.48. The lowest BCUT2D eigenvalue weighted by Crippen LogP contribution is -2.61. The molecule has 1 saturated heterocycles. The average molecular weight is 338 g/mol. The van der Waals surface area contributed by atoms with Gasteiger partial charge in [-0.3, -0.25) is 4.90 Å². The molecule has 1 aromatic rings. The minimum absolute atomic E-state index is 0.435. The number of piperidine rings is 1. The van der Waals surface area contributed by atoms with Crippen LogP contribution in [-0.4, -0.2) is 30.6 Å². The van der Waals surface area contributed by atoms with Crippen molar-refractivity contribution in [2.75, 3.05) is 19.7 Å². The van der Waals surface area contributed by atoms with Gasteiger partial charge in [0.25, 0.3) is 0 Å². The topological polar surface area (TPSA) is 12.5 Å². The van der Waals surface area contributed by atoms with Gasteiger partial charge in [-0.25, -0.2) is 0 Å². The number of ether oxygens (including phenoxy) is 1. The van der Waals surface area contributed by atoms with E-state index in [0.29, 0.717) is 12.0 Å². The fourth-order valence-corrected chi connectivity index (χ4v) is 6.17. The fourth-order valence-electron chi connectivity index (χ4n) is 6.17. The average Bonchev–Trinajstić information content (AvgIpc) is 3.46. The van der Waals surface area contributed by atoms with E-state index in [1.807, 2.05) is 6.08 Å². The van der Waals surface area contributed by atoms with E-state index >= 15 is 0 Å². The van der Waals surface area contributed by atoms with Crippen molar-refractivity contribution >= 4 is 0 Å². The van der Waals surface area contributed by atoms with Crippen molar-refractivity contribution in [3.63, 3.8) is 0 Å². The summed E-state index contributed by atoms with van der Waals surface area (Å²) in [4.78, 5) is 2.89. The summed E-state index contributed by atoms with van der Waals surface area (Å²) in [7, 11) is 0. The van der Waals surface area contributed by atoms with Gasteiger partial charge < -0.3 is 4.74 Å². The first-order valence-corrected chi connectivity index (χ1v) is 10.4. The van der Waals surface area contributed by atoms with Crippen LogP contribution >= 0.6 is 0 Å². The van der Waals surface area contributed by atoms with Crippen LogP contribution in [0.5, 0.6) is 5.75 Å². The molecular weight excluding hydrogens is 306 g/mol. The zero-order chi connectivity index (χ0) is 16.9. The molecule has 0 aromatic heterocycles. The predicted molar refractivity (Wildman–Crippen MR) is 102 cm³/mol. The molecule has 3 fully saturated rings. The van der Waals surface area contributed by atoms with Gasteiger partial charge >= 0.3 is 0 Å². The van der Waals surface area contributed by atoms with Gasteiger partial charge in [0.2, 0.25) is 0 Å². The Kier molecular flexibility index (Phi) is 3.93. The second kappa shape index (κ2) is 6.16. The lowest BCUT2D eigenvalue weighted by Gasteiger charge is -2.59. The highest BCUT2D eigenvalue weighted by atomic mass is 16.5. The van der Waals surface area contributed by atoms with Crippen LogP contribution in [0.4, 0.5) is 0 Å². The van der Waals surface area contributed by atoms with Gasteiger partial charge in [-0.1, -0.05) is 31.6 Å². The number of benzene rings is 1. The van der Waals surface area contributed by atoms with Crippen molar-refractivity contribution in [1.29, 1.82) is 0 Å². The van der Waals surface area contributed by atoms with Crippen LogP contribution in [0.3, 0.4) is 0 Å². The number of nitrogens with zero attached hydrogens (tertiary/aromatic N) is 1. The molecule has 3 atom stereocenters. The van der Waals surface area contributed by atoms with E-state index in [-0.39, 0.29) is 0 Å². The maximum atomic E-state index is 5.89. The molecule has 2 nitrogen and oxygen atoms in total. The van der Waals surface area contributed by atoms with Crippen LogP contribution in [0.15, 0.2) is 30.9 Å². The second-order valence-corrected chi connectivity index (χ2v) is 8.89. The molecule has 1 aliphatic heterocycles. The van der Waals surface area contributed by atoms with Gasteiger partial charge in [0.05, 0.1) is 0 Å². The Balaban J connectivity index is 1.52. The van der Waals surface area contributed by atoms with E-state index in [2.05, 4.69) is 29.7 Å². The van der Waals surface area contributed by atoms with Crippen LogP contribution in [0.25, 0.3) is 0 Å². The number of hydrogen-bond donors (Lipinski definition) is 0. The van der Waals surface area contributed by atoms with Gasteiger partial charge in [-0.05, 0) is 80.2 Å². The number of fused-ring (bicyclic) bond motifs is 1. The lowest BCUT2D eigenvalue weighted by atomic mass is 9.52. The maximum Gasteiger partial charge on any atom is 0.120 e. The van der Waals surface area contributed by atoms with E-state index in [0.717, 1.165) is 23.6 Å². The molecule has 134 valence electrons. The van der Waals surface area contributed by atoms with Gasteiger partial charge in [0.15, 0.2) is 0 Å². The summed E-state index contributed by atoms with van der Waals surface area (Å²) >= 11 is 0. The molecule has 0 spiro atoms. The highest BCUT2D eigenvalue weighted by molar-refractivity contribution is 5.45. The van der Waals surface area contributed by atoms with E-state index in [4.69, 9.17) is 4.74 Å². The molecule has 0 unspecified atom stereocenters. The monoisotopic (exact) mass is 337 g/mol. The smallest absolute Gasteiger partial charge is 0.120 e. The molecule has 5 rings (SSSR count). The molecule has 0 radical (unpaired) electrons. The molecule has 2 bridgehead atoms. The molecule has 2 heteroatoms. The number of rotatable bonds is 5. The molecule has 1 aromatic carbocycles. The van der Waals surface area contributed by atoms with Crippen LogP contribution in [-0.2, 0) is 11.8 Å². The minimum atomic E-state index is 0.435. The van der Waals surface area contributed by atoms with E-state index in [1.54, 1.807) is 11.1 Å². The minimum Gasteiger partial charge on any atom is -0.490 e. The SMILES string of the molecule is C=CCOc1ccc2c(c1)[C@]13CCCC[C@@H]1[C@H](C2)N(CC1CC1)CC3. The quantitative estimate of drug-likeness (QED) is 0.721. The largest absolute Gasteiger partial charge is 0.490 e.